The number of pyridine rings is 1. The maximum absolute atomic E-state index is 4.31. The van der Waals surface area contributed by atoms with Crippen LogP contribution in [-0.4, -0.2) is 25.1 Å². The number of anilines is 1. The zero-order valence-electron chi connectivity index (χ0n) is 8.52. The Bertz CT molecular complexity index is 271. The molecule has 0 bridgehead atoms. The second-order valence-corrected chi connectivity index (χ2v) is 3.21. The number of aryl methyl sites for hydroxylation is 2. The van der Waals surface area contributed by atoms with Gasteiger partial charge in [-0.05, 0) is 32.0 Å². The van der Waals surface area contributed by atoms with Crippen molar-refractivity contribution in [2.45, 2.75) is 13.8 Å². The van der Waals surface area contributed by atoms with E-state index in [1.54, 1.807) is 0 Å². The molecule has 3 nitrogen and oxygen atoms in total. The average molecular weight is 179 g/mol. The second-order valence-electron chi connectivity index (χ2n) is 3.21. The third-order valence-corrected chi connectivity index (χ3v) is 1.88. The summed E-state index contributed by atoms with van der Waals surface area (Å²) >= 11 is 0. The quantitative estimate of drug-likeness (QED) is 0.685. The lowest BCUT2D eigenvalue weighted by atomic mass is 10.2. The highest BCUT2D eigenvalue weighted by atomic mass is 15.0. The van der Waals surface area contributed by atoms with E-state index in [1.807, 2.05) is 13.2 Å². The van der Waals surface area contributed by atoms with Crippen LogP contribution < -0.4 is 10.6 Å². The van der Waals surface area contributed by atoms with Crippen molar-refractivity contribution in [3.05, 3.63) is 23.4 Å². The highest BCUT2D eigenvalue weighted by Gasteiger charge is 1.97. The Morgan fingerprint density at radius 2 is 2.08 bits per heavy atom. The van der Waals surface area contributed by atoms with Crippen molar-refractivity contribution in [3.63, 3.8) is 0 Å². The summed E-state index contributed by atoms with van der Waals surface area (Å²) in [6, 6.07) is 2.13. The molecule has 0 saturated carbocycles. The minimum absolute atomic E-state index is 0.910. The van der Waals surface area contributed by atoms with E-state index >= 15 is 0 Å². The molecule has 0 amide bonds. The first-order valence-corrected chi connectivity index (χ1v) is 4.55. The molecular weight excluding hydrogens is 162 g/mol. The van der Waals surface area contributed by atoms with Gasteiger partial charge in [0.2, 0.25) is 0 Å². The van der Waals surface area contributed by atoms with Gasteiger partial charge in [0, 0.05) is 19.3 Å². The summed E-state index contributed by atoms with van der Waals surface area (Å²) < 4.78 is 0. The van der Waals surface area contributed by atoms with E-state index in [4.69, 9.17) is 0 Å². The lowest BCUT2D eigenvalue weighted by molar-refractivity contribution is 0.820. The number of rotatable bonds is 4. The maximum Gasteiger partial charge on any atom is 0.128 e. The molecule has 13 heavy (non-hydrogen) atoms. The van der Waals surface area contributed by atoms with Crippen molar-refractivity contribution < 1.29 is 0 Å². The Labute approximate surface area is 79.6 Å². The van der Waals surface area contributed by atoms with E-state index in [1.165, 1.54) is 11.1 Å². The van der Waals surface area contributed by atoms with Crippen LogP contribution in [0.4, 0.5) is 5.82 Å². The molecule has 72 valence electrons. The summed E-state index contributed by atoms with van der Waals surface area (Å²) in [5.41, 5.74) is 2.41. The largest absolute Gasteiger partial charge is 0.369 e. The highest BCUT2D eigenvalue weighted by molar-refractivity contribution is 5.44. The minimum Gasteiger partial charge on any atom is -0.369 e. The fourth-order valence-corrected chi connectivity index (χ4v) is 1.21. The molecule has 0 aliphatic heterocycles. The summed E-state index contributed by atoms with van der Waals surface area (Å²) in [6.07, 6.45) is 1.88. The van der Waals surface area contributed by atoms with Crippen molar-refractivity contribution in [3.8, 4) is 0 Å². The van der Waals surface area contributed by atoms with Crippen molar-refractivity contribution in [2.24, 2.45) is 0 Å². The Balaban J connectivity index is 2.56. The SMILES string of the molecule is CNCCNc1ncc(C)cc1C. The molecule has 0 unspecified atom stereocenters. The Morgan fingerprint density at radius 3 is 2.69 bits per heavy atom. The number of likely N-dealkylation sites (N-methyl/N-ethyl adjacent to an activating group) is 1. The van der Waals surface area contributed by atoms with Crippen LogP contribution in [0.15, 0.2) is 12.3 Å². The fraction of sp³-hybridized carbons (Fsp3) is 0.500. The monoisotopic (exact) mass is 179 g/mol. The molecule has 0 fully saturated rings. The van der Waals surface area contributed by atoms with Gasteiger partial charge in [-0.2, -0.15) is 0 Å². The number of hydrogen-bond acceptors (Lipinski definition) is 3. The zero-order chi connectivity index (χ0) is 9.68. The van der Waals surface area contributed by atoms with Crippen LogP contribution >= 0.6 is 0 Å². The van der Waals surface area contributed by atoms with Crippen LogP contribution in [0, 0.1) is 13.8 Å². The predicted molar refractivity (Wildman–Crippen MR) is 56.1 cm³/mol. The van der Waals surface area contributed by atoms with Crippen LogP contribution in [-0.2, 0) is 0 Å². The summed E-state index contributed by atoms with van der Waals surface area (Å²) in [4.78, 5) is 4.31. The van der Waals surface area contributed by atoms with Gasteiger partial charge in [0.1, 0.15) is 5.82 Å². The van der Waals surface area contributed by atoms with Gasteiger partial charge in [0.15, 0.2) is 0 Å². The molecule has 1 aromatic rings. The first-order chi connectivity index (χ1) is 6.24. The summed E-state index contributed by atoms with van der Waals surface area (Å²) in [6.45, 7) is 5.99. The number of hydrogen-bond donors (Lipinski definition) is 2. The van der Waals surface area contributed by atoms with Gasteiger partial charge >= 0.3 is 0 Å². The molecule has 1 heterocycles. The van der Waals surface area contributed by atoms with E-state index in [2.05, 4.69) is 35.5 Å². The lowest BCUT2D eigenvalue weighted by Gasteiger charge is -2.08. The smallest absolute Gasteiger partial charge is 0.128 e. The van der Waals surface area contributed by atoms with E-state index in [9.17, 15) is 0 Å². The first kappa shape index (κ1) is 9.99. The Hall–Kier alpha value is -1.09. The topological polar surface area (TPSA) is 37.0 Å². The molecule has 0 aliphatic rings. The summed E-state index contributed by atoms with van der Waals surface area (Å²) in [5, 5.41) is 6.35. The molecule has 0 radical (unpaired) electrons. The minimum atomic E-state index is 0.910. The molecule has 3 heteroatoms. The standard InChI is InChI=1S/C10H17N3/c1-8-6-9(2)10(13-7-8)12-5-4-11-3/h6-7,11H,4-5H2,1-3H3,(H,12,13). The number of nitrogens with zero attached hydrogens (tertiary/aromatic N) is 1. The van der Waals surface area contributed by atoms with Crippen LogP contribution in [0.2, 0.25) is 0 Å². The van der Waals surface area contributed by atoms with E-state index in [0.717, 1.165) is 18.9 Å². The highest BCUT2D eigenvalue weighted by Crippen LogP contribution is 2.11. The van der Waals surface area contributed by atoms with E-state index < -0.39 is 0 Å². The third-order valence-electron chi connectivity index (χ3n) is 1.88. The molecule has 0 aliphatic carbocycles. The Kier molecular flexibility index (Phi) is 3.71. The average Bonchev–Trinajstić information content (AvgIpc) is 2.09. The van der Waals surface area contributed by atoms with Gasteiger partial charge in [-0.15, -0.1) is 0 Å². The molecule has 0 saturated heterocycles. The van der Waals surface area contributed by atoms with Gasteiger partial charge in [-0.25, -0.2) is 4.98 Å². The summed E-state index contributed by atoms with van der Waals surface area (Å²) in [7, 11) is 1.94. The number of aromatic nitrogens is 1. The van der Waals surface area contributed by atoms with E-state index in [0.29, 0.717) is 0 Å². The Morgan fingerprint density at radius 1 is 1.31 bits per heavy atom. The van der Waals surface area contributed by atoms with Gasteiger partial charge in [-0.1, -0.05) is 6.07 Å². The van der Waals surface area contributed by atoms with Crippen LogP contribution in [0.3, 0.4) is 0 Å². The molecule has 2 N–H and O–H groups in total. The van der Waals surface area contributed by atoms with Crippen LogP contribution in [0.1, 0.15) is 11.1 Å². The van der Waals surface area contributed by atoms with Gasteiger partial charge in [0.05, 0.1) is 0 Å². The van der Waals surface area contributed by atoms with Gasteiger partial charge in [-0.3, -0.25) is 0 Å². The van der Waals surface area contributed by atoms with Crippen molar-refractivity contribution in [1.82, 2.24) is 10.3 Å². The molecule has 1 aromatic heterocycles. The summed E-state index contributed by atoms with van der Waals surface area (Å²) in [5.74, 6) is 0.987. The van der Waals surface area contributed by atoms with Crippen LogP contribution in [0.25, 0.3) is 0 Å². The first-order valence-electron chi connectivity index (χ1n) is 4.55. The predicted octanol–water partition coefficient (Wildman–Crippen LogP) is 1.33. The van der Waals surface area contributed by atoms with Crippen molar-refractivity contribution >= 4 is 5.82 Å². The zero-order valence-corrected chi connectivity index (χ0v) is 8.52. The normalized spacial score (nSPS) is 10.1. The number of nitrogens with one attached hydrogen (secondary N) is 2. The van der Waals surface area contributed by atoms with E-state index in [-0.39, 0.29) is 0 Å². The second kappa shape index (κ2) is 4.82. The molecule has 0 aromatic carbocycles. The van der Waals surface area contributed by atoms with Crippen molar-refractivity contribution in [2.75, 3.05) is 25.5 Å². The fourth-order valence-electron chi connectivity index (χ4n) is 1.21. The molecular formula is C10H17N3. The van der Waals surface area contributed by atoms with Crippen LogP contribution in [0.5, 0.6) is 0 Å². The molecule has 0 atom stereocenters. The third kappa shape index (κ3) is 3.03. The maximum atomic E-state index is 4.31. The van der Waals surface area contributed by atoms with Gasteiger partial charge in [0.25, 0.3) is 0 Å². The van der Waals surface area contributed by atoms with Gasteiger partial charge < -0.3 is 10.6 Å². The molecule has 1 rings (SSSR count). The molecule has 0 spiro atoms. The van der Waals surface area contributed by atoms with Crippen molar-refractivity contribution in [1.29, 1.82) is 0 Å². The lowest BCUT2D eigenvalue weighted by Crippen LogP contribution is -2.18.